The summed E-state index contributed by atoms with van der Waals surface area (Å²) in [7, 11) is 0. The Hall–Kier alpha value is -1.94. The summed E-state index contributed by atoms with van der Waals surface area (Å²) in [6.07, 6.45) is 9.83. The third-order valence-corrected chi connectivity index (χ3v) is 5.66. The minimum absolute atomic E-state index is 0.768. The first-order valence-corrected chi connectivity index (χ1v) is 9.14. The fraction of sp³-hybridized carbons (Fsp3) is 0.500. The molecule has 4 nitrogen and oxygen atoms in total. The third-order valence-electron chi connectivity index (χ3n) is 5.66. The van der Waals surface area contributed by atoms with Crippen LogP contribution in [0.2, 0.25) is 0 Å². The molecule has 4 rings (SSSR count). The van der Waals surface area contributed by atoms with E-state index in [1.807, 2.05) is 36.8 Å². The Balaban J connectivity index is 1.36. The van der Waals surface area contributed by atoms with Crippen molar-refractivity contribution in [3.05, 3.63) is 54.5 Å². The van der Waals surface area contributed by atoms with E-state index in [9.17, 15) is 0 Å². The van der Waals surface area contributed by atoms with Crippen LogP contribution in [0.5, 0.6) is 0 Å². The minimum Gasteiger partial charge on any atom is -0.370 e. The van der Waals surface area contributed by atoms with Crippen molar-refractivity contribution in [2.45, 2.75) is 25.8 Å². The van der Waals surface area contributed by atoms with Crippen molar-refractivity contribution in [1.29, 1.82) is 0 Å². The van der Waals surface area contributed by atoms with Gasteiger partial charge in [-0.1, -0.05) is 18.6 Å². The monoisotopic (exact) mass is 322 g/mol. The first-order valence-electron chi connectivity index (χ1n) is 9.14. The Labute approximate surface area is 144 Å². The standard InChI is InChI=1S/C20H26N4/c1-2-10-22-20(8-1)23-12-17-6-3-7-18-14-24(15-19(17)18)13-16-5-4-9-21-11-16/h1-2,4-5,8-11,17-19H,3,6-7,12-15H2,(H,22,23)/t17-,18+,19+/m0/s1. The number of hydrogen-bond donors (Lipinski definition) is 1. The highest BCUT2D eigenvalue weighted by Gasteiger charge is 2.39. The Bertz CT molecular complexity index is 631. The number of aromatic nitrogens is 2. The van der Waals surface area contributed by atoms with Crippen molar-refractivity contribution in [2.24, 2.45) is 17.8 Å². The van der Waals surface area contributed by atoms with Crippen LogP contribution in [-0.4, -0.2) is 34.5 Å². The molecular weight excluding hydrogens is 296 g/mol. The number of nitrogens with one attached hydrogen (secondary N) is 1. The highest BCUT2D eigenvalue weighted by atomic mass is 15.2. The Morgan fingerprint density at radius 3 is 2.92 bits per heavy atom. The van der Waals surface area contributed by atoms with Gasteiger partial charge in [0.05, 0.1) is 0 Å². The van der Waals surface area contributed by atoms with Crippen LogP contribution in [0.3, 0.4) is 0 Å². The van der Waals surface area contributed by atoms with Gasteiger partial charge in [-0.15, -0.1) is 0 Å². The van der Waals surface area contributed by atoms with Crippen molar-refractivity contribution in [1.82, 2.24) is 14.9 Å². The highest BCUT2D eigenvalue weighted by Crippen LogP contribution is 2.40. The van der Waals surface area contributed by atoms with Crippen LogP contribution in [0.1, 0.15) is 24.8 Å². The maximum atomic E-state index is 4.39. The molecule has 1 saturated heterocycles. The molecule has 2 fully saturated rings. The van der Waals surface area contributed by atoms with E-state index in [2.05, 4.69) is 32.3 Å². The van der Waals surface area contributed by atoms with Crippen LogP contribution in [-0.2, 0) is 6.54 Å². The Morgan fingerprint density at radius 1 is 1.08 bits per heavy atom. The zero-order chi connectivity index (χ0) is 16.2. The molecule has 2 aromatic rings. The zero-order valence-electron chi connectivity index (χ0n) is 14.1. The molecule has 3 atom stereocenters. The molecule has 0 unspecified atom stereocenters. The quantitative estimate of drug-likeness (QED) is 0.915. The molecule has 0 aromatic carbocycles. The number of anilines is 1. The molecule has 1 aliphatic heterocycles. The van der Waals surface area contributed by atoms with E-state index in [1.165, 1.54) is 37.9 Å². The van der Waals surface area contributed by atoms with Crippen molar-refractivity contribution in [2.75, 3.05) is 25.0 Å². The summed E-state index contributed by atoms with van der Waals surface area (Å²) in [5.74, 6) is 3.46. The van der Waals surface area contributed by atoms with Crippen LogP contribution in [0.4, 0.5) is 5.82 Å². The van der Waals surface area contributed by atoms with Crippen molar-refractivity contribution < 1.29 is 0 Å². The molecule has 4 heteroatoms. The molecule has 2 aromatic heterocycles. The molecule has 1 aliphatic carbocycles. The molecule has 3 heterocycles. The summed E-state index contributed by atoms with van der Waals surface area (Å²) in [4.78, 5) is 11.3. The van der Waals surface area contributed by atoms with E-state index in [0.29, 0.717) is 0 Å². The summed E-state index contributed by atoms with van der Waals surface area (Å²) in [5, 5.41) is 3.55. The number of fused-ring (bicyclic) bond motifs is 1. The number of nitrogens with zero attached hydrogens (tertiary/aromatic N) is 3. The fourth-order valence-corrected chi connectivity index (χ4v) is 4.52. The van der Waals surface area contributed by atoms with Gasteiger partial charge in [0.2, 0.25) is 0 Å². The molecule has 0 bridgehead atoms. The summed E-state index contributed by atoms with van der Waals surface area (Å²) < 4.78 is 0. The minimum atomic E-state index is 0.768. The van der Waals surface area contributed by atoms with Gasteiger partial charge in [0.1, 0.15) is 5.82 Å². The molecule has 2 aliphatic rings. The molecule has 126 valence electrons. The van der Waals surface area contributed by atoms with Gasteiger partial charge < -0.3 is 5.32 Å². The highest BCUT2D eigenvalue weighted by molar-refractivity contribution is 5.33. The van der Waals surface area contributed by atoms with Gasteiger partial charge in [-0.3, -0.25) is 9.88 Å². The predicted molar refractivity (Wildman–Crippen MR) is 96.6 cm³/mol. The summed E-state index contributed by atoms with van der Waals surface area (Å²) in [6.45, 7) is 4.58. The summed E-state index contributed by atoms with van der Waals surface area (Å²) in [6, 6.07) is 10.3. The van der Waals surface area contributed by atoms with E-state index in [1.54, 1.807) is 0 Å². The lowest BCUT2D eigenvalue weighted by atomic mass is 9.74. The second kappa shape index (κ2) is 7.31. The molecule has 0 spiro atoms. The van der Waals surface area contributed by atoms with E-state index >= 15 is 0 Å². The number of likely N-dealkylation sites (tertiary alicyclic amines) is 1. The zero-order valence-corrected chi connectivity index (χ0v) is 14.1. The molecule has 1 saturated carbocycles. The van der Waals surface area contributed by atoms with Crippen LogP contribution < -0.4 is 5.32 Å². The van der Waals surface area contributed by atoms with Crippen LogP contribution >= 0.6 is 0 Å². The average molecular weight is 322 g/mol. The Kier molecular flexibility index (Phi) is 4.74. The van der Waals surface area contributed by atoms with Crippen molar-refractivity contribution in [3.63, 3.8) is 0 Å². The first kappa shape index (κ1) is 15.6. The lowest BCUT2D eigenvalue weighted by Gasteiger charge is -2.33. The van der Waals surface area contributed by atoms with Gasteiger partial charge in [-0.2, -0.15) is 0 Å². The lowest BCUT2D eigenvalue weighted by molar-refractivity contribution is 0.207. The molecule has 0 amide bonds. The summed E-state index contributed by atoms with van der Waals surface area (Å²) >= 11 is 0. The molecule has 0 radical (unpaired) electrons. The normalized spacial score (nSPS) is 26.9. The molecule has 24 heavy (non-hydrogen) atoms. The van der Waals surface area contributed by atoms with Gasteiger partial charge in [0.25, 0.3) is 0 Å². The first-order chi connectivity index (χ1) is 11.9. The number of pyridine rings is 2. The maximum absolute atomic E-state index is 4.39. The van der Waals surface area contributed by atoms with Crippen LogP contribution in [0, 0.1) is 17.8 Å². The van der Waals surface area contributed by atoms with Crippen molar-refractivity contribution >= 4 is 5.82 Å². The Morgan fingerprint density at radius 2 is 2.08 bits per heavy atom. The maximum Gasteiger partial charge on any atom is 0.125 e. The van der Waals surface area contributed by atoms with E-state index in [-0.39, 0.29) is 0 Å². The van der Waals surface area contributed by atoms with Gasteiger partial charge in [-0.05, 0) is 54.4 Å². The second-order valence-electron chi connectivity index (χ2n) is 7.27. The van der Waals surface area contributed by atoms with Gasteiger partial charge >= 0.3 is 0 Å². The van der Waals surface area contributed by atoms with Crippen molar-refractivity contribution in [3.8, 4) is 0 Å². The number of rotatable bonds is 5. The average Bonchev–Trinajstić information content (AvgIpc) is 3.04. The van der Waals surface area contributed by atoms with Gasteiger partial charge in [-0.25, -0.2) is 4.98 Å². The fourth-order valence-electron chi connectivity index (χ4n) is 4.52. The largest absolute Gasteiger partial charge is 0.370 e. The predicted octanol–water partition coefficient (Wildman–Crippen LogP) is 3.44. The molecule has 1 N–H and O–H groups in total. The van der Waals surface area contributed by atoms with E-state index < -0.39 is 0 Å². The molecular formula is C20H26N4. The van der Waals surface area contributed by atoms with E-state index in [0.717, 1.165) is 36.7 Å². The topological polar surface area (TPSA) is 41.0 Å². The van der Waals surface area contributed by atoms with Crippen LogP contribution in [0.25, 0.3) is 0 Å². The van der Waals surface area contributed by atoms with Gasteiger partial charge in [0.15, 0.2) is 0 Å². The lowest BCUT2D eigenvalue weighted by Crippen LogP contribution is -2.32. The SMILES string of the molecule is c1ccc(NC[C@@H]2CCC[C@@H]3CN(Cc4cccnc4)C[C@@H]32)nc1. The second-order valence-corrected chi connectivity index (χ2v) is 7.27. The summed E-state index contributed by atoms with van der Waals surface area (Å²) in [5.41, 5.74) is 1.33. The number of hydrogen-bond acceptors (Lipinski definition) is 4. The third kappa shape index (κ3) is 3.59. The smallest absolute Gasteiger partial charge is 0.125 e. The van der Waals surface area contributed by atoms with E-state index in [4.69, 9.17) is 0 Å². The van der Waals surface area contributed by atoms with Crippen LogP contribution in [0.15, 0.2) is 48.9 Å². The van der Waals surface area contributed by atoms with Gasteiger partial charge in [0, 0.05) is 44.8 Å².